The molecule has 336 valence electrons. The lowest BCUT2D eigenvalue weighted by molar-refractivity contribution is 0.0475. The van der Waals surface area contributed by atoms with Crippen LogP contribution in [0, 0.1) is 11.8 Å². The smallest absolute Gasteiger partial charge is 0.407 e. The van der Waals surface area contributed by atoms with Crippen LogP contribution in [0.2, 0.25) is 0 Å². The molecule has 6 aromatic rings. The summed E-state index contributed by atoms with van der Waals surface area (Å²) < 4.78 is 10.8. The number of nitrogens with zero attached hydrogens (tertiary/aromatic N) is 6. The van der Waals surface area contributed by atoms with Crippen molar-refractivity contribution in [3.8, 4) is 22.5 Å². The minimum absolute atomic E-state index is 0.0665. The normalized spacial score (nSPS) is 16.1. The van der Waals surface area contributed by atoms with Crippen molar-refractivity contribution in [2.75, 3.05) is 36.0 Å². The molecule has 4 aromatic carbocycles. The van der Waals surface area contributed by atoms with Gasteiger partial charge in [-0.25, -0.2) is 29.5 Å². The fourth-order valence-corrected chi connectivity index (χ4v) is 8.44. The monoisotopic (exact) mass is 865 g/mol. The van der Waals surface area contributed by atoms with E-state index in [2.05, 4.69) is 129 Å². The summed E-state index contributed by atoms with van der Waals surface area (Å²) in [5.41, 5.74) is 3.08. The number of anilines is 2. The highest BCUT2D eigenvalue weighted by Gasteiger charge is 2.29. The van der Waals surface area contributed by atoms with E-state index in [1.54, 1.807) is 0 Å². The summed E-state index contributed by atoms with van der Waals surface area (Å²) >= 11 is 0. The third-order valence-electron chi connectivity index (χ3n) is 11.9. The highest BCUT2D eigenvalue weighted by Crippen LogP contribution is 2.29. The molecule has 2 atom stereocenters. The van der Waals surface area contributed by atoms with Gasteiger partial charge in [0.25, 0.3) is 0 Å². The maximum Gasteiger partial charge on any atom is 0.407 e. The van der Waals surface area contributed by atoms with Crippen molar-refractivity contribution in [2.24, 2.45) is 11.8 Å². The number of nitrogens with one attached hydrogen (secondary N) is 2. The molecule has 4 heterocycles. The number of rotatable bonds is 8. The van der Waals surface area contributed by atoms with Gasteiger partial charge in [-0.05, 0) is 139 Å². The third kappa shape index (κ3) is 12.4. The number of hydrogen-bond donors (Lipinski definition) is 2. The number of ether oxygens (including phenoxy) is 2. The molecular formula is C52H64N8O4. The molecule has 8 rings (SSSR count). The predicted octanol–water partition coefficient (Wildman–Crippen LogP) is 10.9. The van der Waals surface area contributed by atoms with Crippen molar-refractivity contribution in [2.45, 2.75) is 104 Å². The first-order valence-corrected chi connectivity index (χ1v) is 22.7. The van der Waals surface area contributed by atoms with Crippen LogP contribution in [0.25, 0.3) is 44.1 Å². The van der Waals surface area contributed by atoms with Gasteiger partial charge in [0.15, 0.2) is 0 Å². The van der Waals surface area contributed by atoms with Gasteiger partial charge in [0.2, 0.25) is 11.9 Å². The van der Waals surface area contributed by atoms with Crippen LogP contribution in [0.15, 0.2) is 109 Å². The van der Waals surface area contributed by atoms with Crippen molar-refractivity contribution >= 4 is 45.6 Å². The van der Waals surface area contributed by atoms with Crippen LogP contribution < -0.4 is 20.4 Å². The van der Waals surface area contributed by atoms with Crippen LogP contribution in [-0.2, 0) is 9.47 Å². The molecule has 2 aliphatic heterocycles. The van der Waals surface area contributed by atoms with Crippen molar-refractivity contribution < 1.29 is 19.1 Å². The molecule has 2 aromatic heterocycles. The van der Waals surface area contributed by atoms with Gasteiger partial charge in [0, 0.05) is 61.8 Å². The summed E-state index contributed by atoms with van der Waals surface area (Å²) in [6.07, 6.45) is 6.87. The summed E-state index contributed by atoms with van der Waals surface area (Å²) in [6, 6.07) is 33.6. The number of hydrogen-bond acceptors (Lipinski definition) is 10. The summed E-state index contributed by atoms with van der Waals surface area (Å²) in [5, 5.41) is 10.8. The topological polar surface area (TPSA) is 135 Å². The molecule has 2 N–H and O–H groups in total. The van der Waals surface area contributed by atoms with E-state index in [9.17, 15) is 9.59 Å². The average molecular weight is 865 g/mol. The van der Waals surface area contributed by atoms with Gasteiger partial charge >= 0.3 is 12.2 Å². The molecule has 2 fully saturated rings. The zero-order valence-corrected chi connectivity index (χ0v) is 38.7. The van der Waals surface area contributed by atoms with Crippen molar-refractivity contribution in [1.82, 2.24) is 30.6 Å². The molecule has 12 heteroatoms. The van der Waals surface area contributed by atoms with Gasteiger partial charge in [0.05, 0.1) is 11.4 Å². The molecule has 0 spiro atoms. The fourth-order valence-electron chi connectivity index (χ4n) is 8.44. The molecule has 2 saturated heterocycles. The molecule has 64 heavy (non-hydrogen) atoms. The highest BCUT2D eigenvalue weighted by atomic mass is 16.6. The molecule has 1 unspecified atom stereocenters. The summed E-state index contributed by atoms with van der Waals surface area (Å²) in [6.45, 7) is 18.8. The molecule has 0 bridgehead atoms. The van der Waals surface area contributed by atoms with Gasteiger partial charge in [-0.15, -0.1) is 0 Å². The summed E-state index contributed by atoms with van der Waals surface area (Å²) in [4.78, 5) is 47.4. The number of piperidine rings is 2. The van der Waals surface area contributed by atoms with Crippen LogP contribution in [0.1, 0.15) is 81.1 Å². The lowest BCUT2D eigenvalue weighted by Crippen LogP contribution is -2.45. The standard InChI is InChI=1S/2C26H32N4O2/c2*1-18(28-25(31)32-26(2,3)4)19-12-15-30(16-13-19)24-27-14-11-23(29-24)22-10-9-20-7-5-6-8-21(20)17-22/h2*5-11,14,17-19H,12-13,15-16H2,1-4H3,(H,28,31)/t18-;/m1./s1. The molecule has 2 aliphatic rings. The van der Waals surface area contributed by atoms with Crippen LogP contribution in [0.5, 0.6) is 0 Å². The lowest BCUT2D eigenvalue weighted by Gasteiger charge is -2.35. The Hall–Kier alpha value is -6.30. The van der Waals surface area contributed by atoms with Gasteiger partial charge in [-0.2, -0.15) is 0 Å². The maximum absolute atomic E-state index is 12.1. The van der Waals surface area contributed by atoms with E-state index in [4.69, 9.17) is 19.4 Å². The second-order valence-electron chi connectivity index (χ2n) is 19.1. The van der Waals surface area contributed by atoms with Gasteiger partial charge < -0.3 is 29.9 Å². The van der Waals surface area contributed by atoms with E-state index in [0.29, 0.717) is 11.8 Å². The molecule has 0 radical (unpaired) electrons. The number of carbonyl (C=O) groups excluding carboxylic acids is 2. The van der Waals surface area contributed by atoms with Gasteiger partial charge in [0.1, 0.15) is 11.2 Å². The summed E-state index contributed by atoms with van der Waals surface area (Å²) in [5.74, 6) is 2.34. The molecule has 2 amide bonds. The SMILES string of the molecule is CC(NC(=O)OC(C)(C)C)C1CCN(c2nccc(-c3ccc4ccccc4c3)n2)CC1.C[C@@H](NC(=O)OC(C)(C)C)C1CCN(c2nccc(-c3ccc4ccccc4c3)n2)CC1. The van der Waals surface area contributed by atoms with E-state index < -0.39 is 11.2 Å². The molecule has 0 aliphatic carbocycles. The minimum Gasteiger partial charge on any atom is -0.444 e. The predicted molar refractivity (Wildman–Crippen MR) is 257 cm³/mol. The Kier molecular flexibility index (Phi) is 14.3. The van der Waals surface area contributed by atoms with Crippen molar-refractivity contribution in [3.63, 3.8) is 0 Å². The van der Waals surface area contributed by atoms with Crippen molar-refractivity contribution in [3.05, 3.63) is 109 Å². The minimum atomic E-state index is -0.486. The van der Waals surface area contributed by atoms with E-state index in [-0.39, 0.29) is 24.3 Å². The van der Waals surface area contributed by atoms with E-state index in [1.807, 2.05) is 66.1 Å². The number of aromatic nitrogens is 4. The molecular weight excluding hydrogens is 801 g/mol. The van der Waals surface area contributed by atoms with E-state index in [0.717, 1.165) is 86.3 Å². The third-order valence-corrected chi connectivity index (χ3v) is 11.9. The van der Waals surface area contributed by atoms with Crippen LogP contribution in [0.4, 0.5) is 21.5 Å². The summed E-state index contributed by atoms with van der Waals surface area (Å²) in [7, 11) is 0. The number of alkyl carbamates (subject to hydrolysis) is 2. The quantitative estimate of drug-likeness (QED) is 0.152. The Balaban J connectivity index is 0.000000191. The van der Waals surface area contributed by atoms with Gasteiger partial charge in [-0.1, -0.05) is 72.8 Å². The lowest BCUT2D eigenvalue weighted by atomic mass is 9.90. The fraction of sp³-hybridized carbons (Fsp3) is 0.423. The Morgan fingerprint density at radius 1 is 0.547 bits per heavy atom. The van der Waals surface area contributed by atoms with Crippen LogP contribution >= 0.6 is 0 Å². The Bertz CT molecular complexity index is 2340. The Labute approximate surface area is 378 Å². The first kappa shape index (κ1) is 45.7. The largest absolute Gasteiger partial charge is 0.444 e. The number of carbonyl (C=O) groups is 2. The number of fused-ring (bicyclic) bond motifs is 2. The number of amides is 2. The second kappa shape index (κ2) is 20.0. The van der Waals surface area contributed by atoms with E-state index >= 15 is 0 Å². The van der Waals surface area contributed by atoms with E-state index in [1.165, 1.54) is 21.5 Å². The Morgan fingerprint density at radius 2 is 0.906 bits per heavy atom. The maximum atomic E-state index is 12.1. The highest BCUT2D eigenvalue weighted by molar-refractivity contribution is 5.87. The average Bonchev–Trinajstić information content (AvgIpc) is 3.28. The Morgan fingerprint density at radius 3 is 1.27 bits per heavy atom. The molecule has 12 nitrogen and oxygen atoms in total. The first-order chi connectivity index (χ1) is 30.6. The number of benzene rings is 4. The molecule has 0 saturated carbocycles. The van der Waals surface area contributed by atoms with Crippen molar-refractivity contribution in [1.29, 1.82) is 0 Å². The van der Waals surface area contributed by atoms with Crippen LogP contribution in [0.3, 0.4) is 0 Å². The second-order valence-corrected chi connectivity index (χ2v) is 19.1. The zero-order chi connectivity index (χ0) is 45.4. The van der Waals surface area contributed by atoms with Crippen LogP contribution in [-0.4, -0.2) is 81.6 Å². The first-order valence-electron chi connectivity index (χ1n) is 22.7. The zero-order valence-electron chi connectivity index (χ0n) is 38.7. The van der Waals surface area contributed by atoms with Gasteiger partial charge in [-0.3, -0.25) is 0 Å².